The molecule has 2 aromatic rings. The summed E-state index contributed by atoms with van der Waals surface area (Å²) < 4.78 is 0. The molecule has 1 unspecified atom stereocenters. The zero-order valence-corrected chi connectivity index (χ0v) is 15.9. The first-order chi connectivity index (χ1) is 12.6. The Morgan fingerprint density at radius 2 is 1.65 bits per heavy atom. The van der Waals surface area contributed by atoms with E-state index in [-0.39, 0.29) is 11.9 Å². The first kappa shape index (κ1) is 18.7. The molecule has 3 nitrogen and oxygen atoms in total. The van der Waals surface area contributed by atoms with E-state index in [1.165, 1.54) is 29.5 Å². The summed E-state index contributed by atoms with van der Waals surface area (Å²) in [6, 6.07) is 19.1. The quantitative estimate of drug-likeness (QED) is 0.822. The Hall–Kier alpha value is -2.13. The minimum Gasteiger partial charge on any atom is -0.339 e. The molecule has 1 heterocycles. The fourth-order valence-electron chi connectivity index (χ4n) is 3.70. The Morgan fingerprint density at radius 3 is 2.31 bits per heavy atom. The number of carbonyl (C=O) groups excluding carboxylic acids is 1. The Balaban J connectivity index is 1.57. The van der Waals surface area contributed by atoms with E-state index in [2.05, 4.69) is 60.8 Å². The molecule has 0 aliphatic carbocycles. The molecule has 0 saturated carbocycles. The summed E-state index contributed by atoms with van der Waals surface area (Å²) in [5.41, 5.74) is 3.61. The number of benzene rings is 2. The van der Waals surface area contributed by atoms with E-state index in [0.29, 0.717) is 12.3 Å². The third-order valence-electron chi connectivity index (χ3n) is 5.70. The van der Waals surface area contributed by atoms with Gasteiger partial charge in [0.25, 0.3) is 0 Å². The predicted octanol–water partition coefficient (Wildman–Crippen LogP) is 4.65. The number of piperidine rings is 1. The molecule has 138 valence electrons. The van der Waals surface area contributed by atoms with Gasteiger partial charge in [-0.15, -0.1) is 0 Å². The smallest absolute Gasteiger partial charge is 0.222 e. The monoisotopic (exact) mass is 350 g/mol. The number of carbonyl (C=O) groups is 1. The Morgan fingerprint density at radius 1 is 1.04 bits per heavy atom. The third kappa shape index (κ3) is 4.73. The van der Waals surface area contributed by atoms with Crippen molar-refractivity contribution < 1.29 is 4.79 Å². The van der Waals surface area contributed by atoms with Gasteiger partial charge in [0.15, 0.2) is 0 Å². The van der Waals surface area contributed by atoms with Crippen LogP contribution in [-0.4, -0.2) is 30.9 Å². The van der Waals surface area contributed by atoms with E-state index in [1.54, 1.807) is 0 Å². The highest BCUT2D eigenvalue weighted by Crippen LogP contribution is 2.25. The largest absolute Gasteiger partial charge is 0.339 e. The maximum atomic E-state index is 12.6. The van der Waals surface area contributed by atoms with Crippen LogP contribution in [0.1, 0.15) is 44.2 Å². The molecule has 2 aromatic carbocycles. The fourth-order valence-corrected chi connectivity index (χ4v) is 3.70. The third-order valence-corrected chi connectivity index (χ3v) is 5.70. The van der Waals surface area contributed by atoms with Crippen LogP contribution >= 0.6 is 0 Å². The SMILES string of the molecule is CC(c1ccc(-c2ccccc2)cc1)N(C)C(=O)CCC1CCNCC1. The molecular weight excluding hydrogens is 320 g/mol. The van der Waals surface area contributed by atoms with Crippen LogP contribution in [-0.2, 0) is 4.79 Å². The zero-order chi connectivity index (χ0) is 18.4. The van der Waals surface area contributed by atoms with E-state index in [1.807, 2.05) is 18.0 Å². The number of hydrogen-bond acceptors (Lipinski definition) is 2. The molecular formula is C23H30N2O. The fraction of sp³-hybridized carbons (Fsp3) is 0.435. The molecule has 26 heavy (non-hydrogen) atoms. The van der Waals surface area contributed by atoms with Gasteiger partial charge >= 0.3 is 0 Å². The molecule has 0 spiro atoms. The standard InChI is InChI=1S/C23H30N2O/c1-18(25(2)23(26)13-8-19-14-16-24-17-15-19)20-9-11-22(12-10-20)21-6-4-3-5-7-21/h3-7,9-12,18-19,24H,8,13-17H2,1-2H3. The van der Waals surface area contributed by atoms with E-state index in [0.717, 1.165) is 19.5 Å². The molecule has 1 aliphatic rings. The van der Waals surface area contributed by atoms with Gasteiger partial charge in [0, 0.05) is 13.5 Å². The van der Waals surface area contributed by atoms with Crippen LogP contribution in [0.25, 0.3) is 11.1 Å². The Bertz CT molecular complexity index is 690. The molecule has 1 fully saturated rings. The molecule has 3 rings (SSSR count). The van der Waals surface area contributed by atoms with Gasteiger partial charge in [-0.25, -0.2) is 0 Å². The lowest BCUT2D eigenvalue weighted by molar-refractivity contribution is -0.132. The van der Waals surface area contributed by atoms with Gasteiger partial charge in [-0.05, 0) is 61.9 Å². The van der Waals surface area contributed by atoms with Gasteiger partial charge in [-0.1, -0.05) is 54.6 Å². The number of nitrogens with one attached hydrogen (secondary N) is 1. The van der Waals surface area contributed by atoms with Crippen molar-refractivity contribution in [3.8, 4) is 11.1 Å². The van der Waals surface area contributed by atoms with Crippen molar-refractivity contribution in [2.75, 3.05) is 20.1 Å². The van der Waals surface area contributed by atoms with Gasteiger partial charge in [-0.2, -0.15) is 0 Å². The molecule has 1 N–H and O–H groups in total. The Kier molecular flexibility index (Phi) is 6.45. The first-order valence-corrected chi connectivity index (χ1v) is 9.77. The molecule has 1 aliphatic heterocycles. The van der Waals surface area contributed by atoms with E-state index in [9.17, 15) is 4.79 Å². The summed E-state index contributed by atoms with van der Waals surface area (Å²) >= 11 is 0. The highest BCUT2D eigenvalue weighted by molar-refractivity contribution is 5.76. The van der Waals surface area contributed by atoms with Crippen LogP contribution in [0.4, 0.5) is 0 Å². The second-order valence-electron chi connectivity index (χ2n) is 7.40. The van der Waals surface area contributed by atoms with E-state index < -0.39 is 0 Å². The highest BCUT2D eigenvalue weighted by atomic mass is 16.2. The predicted molar refractivity (Wildman–Crippen MR) is 108 cm³/mol. The van der Waals surface area contributed by atoms with Crippen LogP contribution in [0.15, 0.2) is 54.6 Å². The van der Waals surface area contributed by atoms with Crippen LogP contribution < -0.4 is 5.32 Å². The van der Waals surface area contributed by atoms with E-state index >= 15 is 0 Å². The number of rotatable bonds is 6. The average Bonchev–Trinajstić information content (AvgIpc) is 2.72. The Labute approximate surface area is 157 Å². The average molecular weight is 351 g/mol. The van der Waals surface area contributed by atoms with Crippen molar-refractivity contribution in [2.24, 2.45) is 5.92 Å². The normalized spacial score (nSPS) is 16.2. The maximum absolute atomic E-state index is 12.6. The molecule has 3 heteroatoms. The van der Waals surface area contributed by atoms with Gasteiger partial charge in [0.05, 0.1) is 6.04 Å². The summed E-state index contributed by atoms with van der Waals surface area (Å²) in [6.45, 7) is 4.30. The van der Waals surface area contributed by atoms with Gasteiger partial charge < -0.3 is 10.2 Å². The van der Waals surface area contributed by atoms with Gasteiger partial charge in [0.1, 0.15) is 0 Å². The maximum Gasteiger partial charge on any atom is 0.222 e. The van der Waals surface area contributed by atoms with Crippen molar-refractivity contribution in [2.45, 2.75) is 38.6 Å². The van der Waals surface area contributed by atoms with Crippen molar-refractivity contribution in [1.82, 2.24) is 10.2 Å². The topological polar surface area (TPSA) is 32.3 Å². The lowest BCUT2D eigenvalue weighted by Gasteiger charge is -2.27. The number of hydrogen-bond donors (Lipinski definition) is 1. The lowest BCUT2D eigenvalue weighted by atomic mass is 9.93. The summed E-state index contributed by atoms with van der Waals surface area (Å²) in [5.74, 6) is 0.956. The van der Waals surface area contributed by atoms with Crippen molar-refractivity contribution in [1.29, 1.82) is 0 Å². The van der Waals surface area contributed by atoms with Gasteiger partial charge in [-0.3, -0.25) is 4.79 Å². The highest BCUT2D eigenvalue weighted by Gasteiger charge is 2.20. The first-order valence-electron chi connectivity index (χ1n) is 9.77. The van der Waals surface area contributed by atoms with Crippen molar-refractivity contribution >= 4 is 5.91 Å². The van der Waals surface area contributed by atoms with Gasteiger partial charge in [0.2, 0.25) is 5.91 Å². The summed E-state index contributed by atoms with van der Waals surface area (Å²) in [7, 11) is 1.93. The molecule has 1 atom stereocenters. The lowest BCUT2D eigenvalue weighted by Crippen LogP contribution is -2.31. The van der Waals surface area contributed by atoms with Crippen molar-refractivity contribution in [3.05, 3.63) is 60.2 Å². The second-order valence-corrected chi connectivity index (χ2v) is 7.40. The minimum absolute atomic E-state index is 0.0975. The molecule has 0 radical (unpaired) electrons. The summed E-state index contributed by atoms with van der Waals surface area (Å²) in [6.07, 6.45) is 4.08. The molecule has 1 saturated heterocycles. The van der Waals surface area contributed by atoms with Crippen LogP contribution in [0, 0.1) is 5.92 Å². The molecule has 1 amide bonds. The minimum atomic E-state index is 0.0975. The number of nitrogens with zero attached hydrogens (tertiary/aromatic N) is 1. The molecule has 0 aromatic heterocycles. The van der Waals surface area contributed by atoms with E-state index in [4.69, 9.17) is 0 Å². The second kappa shape index (κ2) is 9.00. The molecule has 0 bridgehead atoms. The van der Waals surface area contributed by atoms with Crippen LogP contribution in [0.2, 0.25) is 0 Å². The van der Waals surface area contributed by atoms with Crippen LogP contribution in [0.3, 0.4) is 0 Å². The summed E-state index contributed by atoms with van der Waals surface area (Å²) in [4.78, 5) is 14.5. The van der Waals surface area contributed by atoms with Crippen LogP contribution in [0.5, 0.6) is 0 Å². The number of amides is 1. The zero-order valence-electron chi connectivity index (χ0n) is 15.9. The van der Waals surface area contributed by atoms with Crippen molar-refractivity contribution in [3.63, 3.8) is 0 Å². The summed E-state index contributed by atoms with van der Waals surface area (Å²) in [5, 5.41) is 3.39.